The second kappa shape index (κ2) is 17.2. The molecule has 15 nitrogen and oxygen atoms in total. The molecule has 1 amide bonds. The molecule has 6 bridgehead atoms. The molecule has 51 heavy (non-hydrogen) atoms. The first kappa shape index (κ1) is 36.5. The lowest BCUT2D eigenvalue weighted by Crippen LogP contribution is -2.43. The topological polar surface area (TPSA) is 215 Å². The van der Waals surface area contributed by atoms with Crippen molar-refractivity contribution in [1.82, 2.24) is 35.0 Å². The molecule has 1 aromatic carbocycles. The third-order valence-electron chi connectivity index (χ3n) is 8.22. The highest BCUT2D eigenvalue weighted by Crippen LogP contribution is 2.24. The molecule has 15 heteroatoms. The zero-order valence-corrected chi connectivity index (χ0v) is 27.9. The van der Waals surface area contributed by atoms with Crippen LogP contribution in [0.1, 0.15) is 27.3 Å². The van der Waals surface area contributed by atoms with Gasteiger partial charge in [0.15, 0.2) is 0 Å². The highest BCUT2D eigenvalue weighted by Gasteiger charge is 2.20. The van der Waals surface area contributed by atoms with Gasteiger partial charge in [0.2, 0.25) is 0 Å². The molecule has 5 rings (SSSR count). The van der Waals surface area contributed by atoms with E-state index in [-0.39, 0.29) is 64.8 Å². The van der Waals surface area contributed by atoms with E-state index in [4.69, 9.17) is 20.7 Å². The summed E-state index contributed by atoms with van der Waals surface area (Å²) >= 11 is 0. The van der Waals surface area contributed by atoms with Gasteiger partial charge >= 0.3 is 17.9 Å². The summed E-state index contributed by atoms with van der Waals surface area (Å²) in [5.41, 5.74) is 10.6. The number of nitrogen functional groups attached to an aromatic ring is 1. The van der Waals surface area contributed by atoms with Gasteiger partial charge in [-0.1, -0.05) is 24.3 Å². The second-order valence-corrected chi connectivity index (χ2v) is 12.3. The van der Waals surface area contributed by atoms with Gasteiger partial charge in [-0.15, -0.1) is 0 Å². The third-order valence-corrected chi connectivity index (χ3v) is 8.22. The molecule has 1 aliphatic heterocycles. The predicted molar refractivity (Wildman–Crippen MR) is 187 cm³/mol. The number of fused-ring (bicyclic) bond motifs is 8. The second-order valence-electron chi connectivity index (χ2n) is 12.3. The average Bonchev–Trinajstić information content (AvgIpc) is 3.09. The summed E-state index contributed by atoms with van der Waals surface area (Å²) in [4.78, 5) is 68.2. The number of carbonyl (C=O) groups is 4. The van der Waals surface area contributed by atoms with Gasteiger partial charge in [0.05, 0.1) is 53.8 Å². The molecule has 4 heterocycles. The van der Waals surface area contributed by atoms with Crippen LogP contribution in [-0.2, 0) is 33.9 Å². The first-order valence-corrected chi connectivity index (χ1v) is 16.4. The van der Waals surface area contributed by atoms with E-state index in [2.05, 4.69) is 5.32 Å². The number of nitrogens with zero attached hydrogens (tertiary/aromatic N) is 6. The molecule has 4 aromatic rings. The van der Waals surface area contributed by atoms with E-state index in [1.807, 2.05) is 24.3 Å². The largest absolute Gasteiger partial charge is 0.480 e. The fraction of sp³-hybridized carbons (Fsp3) is 0.306. The first-order valence-electron chi connectivity index (χ1n) is 16.4. The van der Waals surface area contributed by atoms with Crippen LogP contribution in [0.25, 0.3) is 22.8 Å². The number of rotatable bonds is 10. The minimum absolute atomic E-state index is 0.147. The summed E-state index contributed by atoms with van der Waals surface area (Å²) in [6.07, 6.45) is 0.595. The van der Waals surface area contributed by atoms with Crippen LogP contribution in [0, 0.1) is 0 Å². The fourth-order valence-electron chi connectivity index (χ4n) is 5.75. The van der Waals surface area contributed by atoms with Crippen molar-refractivity contribution in [3.8, 4) is 22.8 Å². The number of hydrogen-bond donors (Lipinski definition) is 5. The maximum atomic E-state index is 13.5. The Kier molecular flexibility index (Phi) is 12.3. The van der Waals surface area contributed by atoms with Crippen LogP contribution in [0.5, 0.6) is 0 Å². The van der Waals surface area contributed by atoms with Crippen LogP contribution in [0.2, 0.25) is 0 Å². The first-order chi connectivity index (χ1) is 24.5. The maximum Gasteiger partial charge on any atom is 0.317 e. The van der Waals surface area contributed by atoms with Crippen LogP contribution >= 0.6 is 0 Å². The van der Waals surface area contributed by atoms with Crippen molar-refractivity contribution in [2.45, 2.75) is 19.5 Å². The quantitative estimate of drug-likeness (QED) is 0.150. The van der Waals surface area contributed by atoms with E-state index in [9.17, 15) is 34.5 Å². The number of anilines is 1. The van der Waals surface area contributed by atoms with Gasteiger partial charge < -0.3 is 26.4 Å². The number of aliphatic carboxylic acids is 3. The summed E-state index contributed by atoms with van der Waals surface area (Å²) in [6, 6.07) is 21.3. The van der Waals surface area contributed by atoms with E-state index >= 15 is 0 Å². The Morgan fingerprint density at radius 3 is 1.59 bits per heavy atom. The highest BCUT2D eigenvalue weighted by molar-refractivity contribution is 5.96. The van der Waals surface area contributed by atoms with Gasteiger partial charge in [0.1, 0.15) is 0 Å². The third kappa shape index (κ3) is 11.1. The van der Waals surface area contributed by atoms with E-state index < -0.39 is 17.9 Å². The average molecular weight is 697 g/mol. The maximum absolute atomic E-state index is 13.5. The number of carboxylic acid groups (broad SMARTS) is 3. The molecule has 1 aliphatic rings. The Hall–Kier alpha value is -5.77. The molecule has 0 unspecified atom stereocenters. The summed E-state index contributed by atoms with van der Waals surface area (Å²) in [5, 5.41) is 31.8. The number of carbonyl (C=O) groups excluding carboxylic acids is 1. The van der Waals surface area contributed by atoms with Gasteiger partial charge in [-0.2, -0.15) is 0 Å². The lowest BCUT2D eigenvalue weighted by molar-refractivity contribution is -0.140. The minimum atomic E-state index is -1.06. The summed E-state index contributed by atoms with van der Waals surface area (Å²) in [6.45, 7) is 0.593. The zero-order chi connectivity index (χ0) is 36.3. The van der Waals surface area contributed by atoms with E-state index in [0.717, 1.165) is 5.56 Å². The Bertz CT molecular complexity index is 1780. The van der Waals surface area contributed by atoms with Crippen LogP contribution in [0.4, 0.5) is 5.69 Å². The lowest BCUT2D eigenvalue weighted by atomic mass is 10.1. The van der Waals surface area contributed by atoms with Crippen LogP contribution < -0.4 is 11.1 Å². The smallest absolute Gasteiger partial charge is 0.317 e. The van der Waals surface area contributed by atoms with Crippen LogP contribution in [0.3, 0.4) is 0 Å². The van der Waals surface area contributed by atoms with Crippen molar-refractivity contribution in [1.29, 1.82) is 0 Å². The van der Waals surface area contributed by atoms with E-state index in [1.165, 1.54) is 0 Å². The molecule has 0 aliphatic carbocycles. The van der Waals surface area contributed by atoms with Crippen molar-refractivity contribution in [3.05, 3.63) is 95.3 Å². The molecule has 0 fully saturated rings. The number of hydrogen-bond acceptors (Lipinski definition) is 11. The molecule has 6 N–H and O–H groups in total. The molecule has 0 saturated carbocycles. The lowest BCUT2D eigenvalue weighted by Gasteiger charge is -2.28. The minimum Gasteiger partial charge on any atom is -0.480 e. The summed E-state index contributed by atoms with van der Waals surface area (Å²) < 4.78 is 0. The normalized spacial score (nSPS) is 14.6. The van der Waals surface area contributed by atoms with Crippen molar-refractivity contribution in [3.63, 3.8) is 0 Å². The van der Waals surface area contributed by atoms with Crippen molar-refractivity contribution in [2.75, 3.05) is 58.1 Å². The Morgan fingerprint density at radius 1 is 0.627 bits per heavy atom. The molecular weight excluding hydrogens is 656 g/mol. The van der Waals surface area contributed by atoms with Crippen molar-refractivity contribution < 1.29 is 34.5 Å². The number of amides is 1. The SMILES string of the molecule is Nc1ccc(CCNC(=O)c2cc3nc(c2)-c2cccc(n2)CN(CC(=O)O)CCN(CC(=O)O)CCN(CC(=O)O)Cc2cccc-3n2)cc1. The molecule has 3 aromatic heterocycles. The molecule has 266 valence electrons. The van der Waals surface area contributed by atoms with Gasteiger partial charge in [-0.25, -0.2) is 15.0 Å². The van der Waals surface area contributed by atoms with Crippen LogP contribution in [-0.4, -0.2) is 121 Å². The van der Waals surface area contributed by atoms with E-state index in [0.29, 0.717) is 58.4 Å². The Balaban J connectivity index is 1.53. The molecule has 0 saturated heterocycles. The fourth-order valence-corrected chi connectivity index (χ4v) is 5.75. The van der Waals surface area contributed by atoms with Gasteiger partial charge in [0, 0.05) is 57.1 Å². The zero-order valence-electron chi connectivity index (χ0n) is 27.9. The van der Waals surface area contributed by atoms with E-state index in [1.54, 1.807) is 63.2 Å². The van der Waals surface area contributed by atoms with Gasteiger partial charge in [-0.05, 0) is 60.5 Å². The summed E-state index contributed by atoms with van der Waals surface area (Å²) in [7, 11) is 0. The predicted octanol–water partition coefficient (Wildman–Crippen LogP) is 1.93. The number of nitrogens with two attached hydrogens (primary N) is 1. The molecule has 0 spiro atoms. The number of benzene rings is 1. The molecular formula is C36H40N8O7. The monoisotopic (exact) mass is 696 g/mol. The van der Waals surface area contributed by atoms with Gasteiger partial charge in [-0.3, -0.25) is 33.9 Å². The van der Waals surface area contributed by atoms with Crippen LogP contribution in [0.15, 0.2) is 72.8 Å². The standard InChI is InChI=1S/C36H40N8O7/c37-26-9-7-24(8-10-26)11-12-38-36(51)25-17-31-29-5-1-3-27(39-29)19-43(22-34(47)48)15-13-42(21-33(45)46)14-16-44(23-35(49)50)20-28-4-2-6-30(40-28)32(18-25)41-31/h1-10,17-18H,11-16,19-23,37H2,(H,38,51)(H,45,46)(H,47,48)(H,49,50). The molecule has 0 atom stereocenters. The van der Waals surface area contributed by atoms with Crippen molar-refractivity contribution >= 4 is 29.5 Å². The van der Waals surface area contributed by atoms with Crippen molar-refractivity contribution in [2.24, 2.45) is 0 Å². The number of pyridine rings is 3. The number of aromatic nitrogens is 3. The number of nitrogens with one attached hydrogen (secondary N) is 1. The highest BCUT2D eigenvalue weighted by atomic mass is 16.4. The summed E-state index contributed by atoms with van der Waals surface area (Å²) in [5.74, 6) is -3.49. The number of carboxylic acids is 3. The Labute approximate surface area is 294 Å². The molecule has 0 radical (unpaired) electrons. The van der Waals surface area contributed by atoms with Gasteiger partial charge in [0.25, 0.3) is 5.91 Å². The Morgan fingerprint density at radius 2 is 1.10 bits per heavy atom.